The lowest BCUT2D eigenvalue weighted by atomic mass is 10.00. The quantitative estimate of drug-likeness (QED) is 0.550. The Morgan fingerprint density at radius 2 is 1.91 bits per heavy atom. The summed E-state index contributed by atoms with van der Waals surface area (Å²) in [6.07, 6.45) is -1.78. The largest absolute Gasteiger partial charge is 0.444 e. The van der Waals surface area contributed by atoms with Crippen LogP contribution < -0.4 is 15.5 Å². The topological polar surface area (TPSA) is 117 Å². The smallest absolute Gasteiger partial charge is 0.414 e. The predicted molar refractivity (Wildman–Crippen MR) is 127 cm³/mol. The van der Waals surface area contributed by atoms with Gasteiger partial charge in [-0.2, -0.15) is 0 Å². The second-order valence-corrected chi connectivity index (χ2v) is 9.22. The number of cyclic esters (lactones) is 1. The number of anilines is 1. The van der Waals surface area contributed by atoms with Crippen molar-refractivity contribution in [1.82, 2.24) is 10.6 Å². The standard InChI is InChI=1S/C25H30FN3O6/c1-15(31)27-12-19-13-29(24(33)34-19)18-9-10-20(21(26)11-18)16-5-7-17(8-6-16)22(14-30)28-23(32)35-25(2,3)4/h5-11,19,22,30H,12-14H2,1-4H3,(H,27,31)(H,28,32)/t19-,22-/m0/s1. The molecule has 1 fully saturated rings. The molecule has 1 aliphatic heterocycles. The number of benzene rings is 2. The number of nitrogens with one attached hydrogen (secondary N) is 2. The predicted octanol–water partition coefficient (Wildman–Crippen LogP) is 3.51. The SMILES string of the molecule is CC(=O)NC[C@H]1CN(c2ccc(-c3ccc([C@H](CO)NC(=O)OC(C)(C)C)cc3)c(F)c2)C(=O)O1. The highest BCUT2D eigenvalue weighted by Gasteiger charge is 2.32. The van der Waals surface area contributed by atoms with Gasteiger partial charge in [-0.1, -0.05) is 24.3 Å². The fourth-order valence-corrected chi connectivity index (χ4v) is 3.58. The van der Waals surface area contributed by atoms with E-state index in [2.05, 4.69) is 10.6 Å². The van der Waals surface area contributed by atoms with Crippen molar-refractivity contribution in [2.45, 2.75) is 45.4 Å². The van der Waals surface area contributed by atoms with E-state index in [9.17, 15) is 23.9 Å². The van der Waals surface area contributed by atoms with Crippen LogP contribution >= 0.6 is 0 Å². The van der Waals surface area contributed by atoms with E-state index in [1.165, 1.54) is 17.9 Å². The van der Waals surface area contributed by atoms with Crippen LogP contribution in [0.2, 0.25) is 0 Å². The van der Waals surface area contributed by atoms with E-state index < -0.39 is 35.8 Å². The number of alkyl carbamates (subject to hydrolysis) is 1. The van der Waals surface area contributed by atoms with Gasteiger partial charge < -0.3 is 25.2 Å². The first kappa shape index (κ1) is 26.0. The summed E-state index contributed by atoms with van der Waals surface area (Å²) in [7, 11) is 0. The Hall–Kier alpha value is -3.66. The molecule has 10 heteroatoms. The summed E-state index contributed by atoms with van der Waals surface area (Å²) < 4.78 is 25.4. The molecule has 0 saturated carbocycles. The lowest BCUT2D eigenvalue weighted by Crippen LogP contribution is -2.36. The minimum Gasteiger partial charge on any atom is -0.444 e. The van der Waals surface area contributed by atoms with Crippen molar-refractivity contribution in [1.29, 1.82) is 0 Å². The summed E-state index contributed by atoms with van der Waals surface area (Å²) in [5.74, 6) is -0.759. The minimum atomic E-state index is -0.683. The van der Waals surface area contributed by atoms with E-state index >= 15 is 0 Å². The summed E-state index contributed by atoms with van der Waals surface area (Å²) in [4.78, 5) is 36.6. The summed E-state index contributed by atoms with van der Waals surface area (Å²) in [5, 5.41) is 14.9. The van der Waals surface area contributed by atoms with Crippen molar-refractivity contribution in [2.24, 2.45) is 0 Å². The number of nitrogens with zero attached hydrogens (tertiary/aromatic N) is 1. The molecule has 0 bridgehead atoms. The van der Waals surface area contributed by atoms with Crippen LogP contribution in [0.3, 0.4) is 0 Å². The zero-order valence-electron chi connectivity index (χ0n) is 20.1. The molecule has 188 valence electrons. The van der Waals surface area contributed by atoms with Crippen molar-refractivity contribution in [3.63, 3.8) is 0 Å². The van der Waals surface area contributed by atoms with Crippen LogP contribution in [-0.2, 0) is 14.3 Å². The van der Waals surface area contributed by atoms with Crippen molar-refractivity contribution in [3.8, 4) is 11.1 Å². The van der Waals surface area contributed by atoms with Gasteiger partial charge in [0.05, 0.1) is 31.4 Å². The lowest BCUT2D eigenvalue weighted by Gasteiger charge is -2.23. The molecule has 0 spiro atoms. The second-order valence-electron chi connectivity index (χ2n) is 9.22. The van der Waals surface area contributed by atoms with Gasteiger partial charge in [-0.15, -0.1) is 0 Å². The molecular weight excluding hydrogens is 457 g/mol. The van der Waals surface area contributed by atoms with Crippen LogP contribution in [0.15, 0.2) is 42.5 Å². The number of aliphatic hydroxyl groups excluding tert-OH is 1. The first-order chi connectivity index (χ1) is 16.5. The van der Waals surface area contributed by atoms with E-state index in [4.69, 9.17) is 9.47 Å². The van der Waals surface area contributed by atoms with Crippen molar-refractivity contribution >= 4 is 23.8 Å². The van der Waals surface area contributed by atoms with Gasteiger partial charge in [0.15, 0.2) is 0 Å². The number of aliphatic hydroxyl groups is 1. The molecule has 1 saturated heterocycles. The first-order valence-corrected chi connectivity index (χ1v) is 11.2. The highest BCUT2D eigenvalue weighted by Crippen LogP contribution is 2.30. The Morgan fingerprint density at radius 1 is 1.23 bits per heavy atom. The molecular formula is C25H30FN3O6. The van der Waals surface area contributed by atoms with Crippen LogP contribution in [-0.4, -0.2) is 54.6 Å². The molecule has 3 amide bonds. The third kappa shape index (κ3) is 6.92. The fraction of sp³-hybridized carbons (Fsp3) is 0.400. The number of rotatable bonds is 7. The van der Waals surface area contributed by atoms with Crippen LogP contribution in [0.25, 0.3) is 11.1 Å². The van der Waals surface area contributed by atoms with Crippen molar-refractivity contribution < 1.29 is 33.4 Å². The highest BCUT2D eigenvalue weighted by atomic mass is 19.1. The second kappa shape index (κ2) is 10.7. The Labute approximate surface area is 203 Å². The molecule has 0 unspecified atom stereocenters. The Bertz CT molecular complexity index is 1080. The van der Waals surface area contributed by atoms with E-state index in [0.29, 0.717) is 22.4 Å². The van der Waals surface area contributed by atoms with Gasteiger partial charge in [0.25, 0.3) is 0 Å². The van der Waals surface area contributed by atoms with Crippen LogP contribution in [0.5, 0.6) is 0 Å². The molecule has 35 heavy (non-hydrogen) atoms. The zero-order valence-corrected chi connectivity index (χ0v) is 20.1. The summed E-state index contributed by atoms with van der Waals surface area (Å²) in [6.45, 7) is 6.64. The van der Waals surface area contributed by atoms with Gasteiger partial charge in [0.1, 0.15) is 17.5 Å². The fourth-order valence-electron chi connectivity index (χ4n) is 3.58. The molecule has 9 nitrogen and oxygen atoms in total. The van der Waals surface area contributed by atoms with Crippen LogP contribution in [0.4, 0.5) is 19.7 Å². The maximum atomic E-state index is 15.0. The number of hydrogen-bond acceptors (Lipinski definition) is 6. The monoisotopic (exact) mass is 487 g/mol. The van der Waals surface area contributed by atoms with Gasteiger partial charge in [0.2, 0.25) is 5.91 Å². The first-order valence-electron chi connectivity index (χ1n) is 11.2. The molecule has 3 rings (SSSR count). The summed E-state index contributed by atoms with van der Waals surface area (Å²) in [5.41, 5.74) is 1.21. The van der Waals surface area contributed by atoms with E-state index in [0.717, 1.165) is 0 Å². The molecule has 1 heterocycles. The Balaban J connectivity index is 1.70. The zero-order chi connectivity index (χ0) is 25.8. The highest BCUT2D eigenvalue weighted by molar-refractivity contribution is 5.90. The van der Waals surface area contributed by atoms with Gasteiger partial charge in [-0.05, 0) is 50.1 Å². The average molecular weight is 488 g/mol. The molecule has 0 aliphatic carbocycles. The van der Waals surface area contributed by atoms with Gasteiger partial charge in [0, 0.05) is 12.5 Å². The number of hydrogen-bond donors (Lipinski definition) is 3. The third-order valence-electron chi connectivity index (χ3n) is 5.21. The number of halogens is 1. The Kier molecular flexibility index (Phi) is 7.96. The number of ether oxygens (including phenoxy) is 2. The normalized spacial score (nSPS) is 16.5. The summed E-state index contributed by atoms with van der Waals surface area (Å²) >= 11 is 0. The van der Waals surface area contributed by atoms with Gasteiger partial charge in [-0.3, -0.25) is 9.69 Å². The van der Waals surface area contributed by atoms with Crippen molar-refractivity contribution in [2.75, 3.05) is 24.6 Å². The molecule has 1 aliphatic rings. The molecule has 0 radical (unpaired) electrons. The number of carbonyl (C=O) groups excluding carboxylic acids is 3. The van der Waals surface area contributed by atoms with Crippen LogP contribution in [0.1, 0.15) is 39.3 Å². The van der Waals surface area contributed by atoms with E-state index in [1.807, 2.05) is 0 Å². The summed E-state index contributed by atoms with van der Waals surface area (Å²) in [6, 6.07) is 10.5. The average Bonchev–Trinajstić information content (AvgIpc) is 3.15. The number of amides is 3. The van der Waals surface area contributed by atoms with Crippen molar-refractivity contribution in [3.05, 3.63) is 53.8 Å². The molecule has 3 N–H and O–H groups in total. The van der Waals surface area contributed by atoms with Crippen LogP contribution in [0, 0.1) is 5.82 Å². The lowest BCUT2D eigenvalue weighted by molar-refractivity contribution is -0.119. The maximum absolute atomic E-state index is 15.0. The van der Waals surface area contributed by atoms with Gasteiger partial charge >= 0.3 is 12.2 Å². The van der Waals surface area contributed by atoms with E-state index in [-0.39, 0.29) is 25.6 Å². The minimum absolute atomic E-state index is 0.183. The molecule has 2 aromatic rings. The molecule has 0 aromatic heterocycles. The molecule has 2 aromatic carbocycles. The molecule has 2 atom stereocenters. The maximum Gasteiger partial charge on any atom is 0.414 e. The Morgan fingerprint density at radius 3 is 2.49 bits per heavy atom. The van der Waals surface area contributed by atoms with Gasteiger partial charge in [-0.25, -0.2) is 14.0 Å². The number of carbonyl (C=O) groups is 3. The third-order valence-corrected chi connectivity index (χ3v) is 5.21. The van der Waals surface area contributed by atoms with E-state index in [1.54, 1.807) is 57.2 Å².